The van der Waals surface area contributed by atoms with Gasteiger partial charge in [-0.25, -0.2) is 18.6 Å². The van der Waals surface area contributed by atoms with Gasteiger partial charge in [-0.15, -0.1) is 0 Å². The first-order chi connectivity index (χ1) is 14.4. The Balaban J connectivity index is 1.69. The number of halogens is 3. The first kappa shape index (κ1) is 20.3. The van der Waals surface area contributed by atoms with Gasteiger partial charge in [0.2, 0.25) is 0 Å². The van der Waals surface area contributed by atoms with E-state index in [2.05, 4.69) is 49.1 Å². The van der Waals surface area contributed by atoms with Crippen molar-refractivity contribution >= 4 is 40.0 Å². The van der Waals surface area contributed by atoms with Gasteiger partial charge in [0.15, 0.2) is 0 Å². The number of aromatic nitrogens is 2. The molecule has 4 rings (SSSR count). The summed E-state index contributed by atoms with van der Waals surface area (Å²) in [5.41, 5.74) is 3.16. The first-order valence-corrected chi connectivity index (χ1v) is 9.93. The number of cyclic esters (lactones) is 1. The van der Waals surface area contributed by atoms with Crippen molar-refractivity contribution in [2.24, 2.45) is 4.99 Å². The van der Waals surface area contributed by atoms with Crippen LogP contribution in [0.25, 0.3) is 5.57 Å². The summed E-state index contributed by atoms with van der Waals surface area (Å²) in [7, 11) is 0. The van der Waals surface area contributed by atoms with Crippen molar-refractivity contribution in [1.29, 1.82) is 0 Å². The summed E-state index contributed by atoms with van der Waals surface area (Å²) >= 11 is 3.50. The van der Waals surface area contributed by atoms with Gasteiger partial charge in [0.05, 0.1) is 15.7 Å². The lowest BCUT2D eigenvalue weighted by molar-refractivity contribution is 0.0533. The van der Waals surface area contributed by atoms with E-state index in [1.54, 1.807) is 12.3 Å². The van der Waals surface area contributed by atoms with E-state index in [4.69, 9.17) is 4.74 Å². The van der Waals surface area contributed by atoms with E-state index in [-0.39, 0.29) is 18.1 Å². The SMILES string of the molecule is C=C/C(=C(\N=C)C(F)F)c1cnc2c(c1)CN(c1nc3c(cc1Br)C(=O)OC3)CC2. The van der Waals surface area contributed by atoms with Gasteiger partial charge in [0.25, 0.3) is 6.43 Å². The second-order valence-corrected chi connectivity index (χ2v) is 7.68. The van der Waals surface area contributed by atoms with Crippen LogP contribution >= 0.6 is 15.9 Å². The van der Waals surface area contributed by atoms with Crippen LogP contribution in [0.1, 0.15) is 32.9 Å². The van der Waals surface area contributed by atoms with Crippen LogP contribution in [0.3, 0.4) is 0 Å². The van der Waals surface area contributed by atoms with Crippen LogP contribution in [-0.4, -0.2) is 35.6 Å². The number of ether oxygens (including phenoxy) is 1. The van der Waals surface area contributed by atoms with Gasteiger partial charge in [-0.1, -0.05) is 12.7 Å². The summed E-state index contributed by atoms with van der Waals surface area (Å²) in [5, 5.41) is 0. The van der Waals surface area contributed by atoms with Crippen LogP contribution in [0.2, 0.25) is 0 Å². The lowest BCUT2D eigenvalue weighted by Gasteiger charge is -2.30. The van der Waals surface area contributed by atoms with Gasteiger partial charge >= 0.3 is 5.97 Å². The number of fused-ring (bicyclic) bond motifs is 2. The van der Waals surface area contributed by atoms with E-state index < -0.39 is 12.1 Å². The zero-order valence-corrected chi connectivity index (χ0v) is 17.5. The second kappa shape index (κ2) is 8.06. The Morgan fingerprint density at radius 2 is 2.17 bits per heavy atom. The van der Waals surface area contributed by atoms with E-state index >= 15 is 0 Å². The quantitative estimate of drug-likeness (QED) is 0.366. The number of carbonyl (C=O) groups is 1. The van der Waals surface area contributed by atoms with E-state index in [1.165, 1.54) is 6.08 Å². The lowest BCUT2D eigenvalue weighted by atomic mass is 9.99. The number of nitrogens with zero attached hydrogens (tertiary/aromatic N) is 4. The molecule has 0 fully saturated rings. The number of rotatable bonds is 5. The molecule has 2 aromatic heterocycles. The molecule has 2 aromatic rings. The Hall–Kier alpha value is -2.94. The number of esters is 1. The second-order valence-electron chi connectivity index (χ2n) is 6.83. The van der Waals surface area contributed by atoms with Gasteiger partial charge in [-0.3, -0.25) is 9.98 Å². The number of allylic oxidation sites excluding steroid dienone is 3. The summed E-state index contributed by atoms with van der Waals surface area (Å²) in [6.07, 6.45) is 0.811. The van der Waals surface area contributed by atoms with Crippen LogP contribution in [0, 0.1) is 0 Å². The summed E-state index contributed by atoms with van der Waals surface area (Å²) in [5.74, 6) is 0.320. The number of carbonyl (C=O) groups excluding carboxylic acids is 1. The van der Waals surface area contributed by atoms with Crippen molar-refractivity contribution in [2.45, 2.75) is 26.0 Å². The smallest absolute Gasteiger partial charge is 0.340 e. The van der Waals surface area contributed by atoms with E-state index in [0.717, 1.165) is 11.3 Å². The maximum absolute atomic E-state index is 13.3. The number of hydrogen-bond acceptors (Lipinski definition) is 6. The van der Waals surface area contributed by atoms with Crippen LogP contribution in [0.4, 0.5) is 14.6 Å². The highest BCUT2D eigenvalue weighted by Crippen LogP contribution is 2.34. The fourth-order valence-corrected chi connectivity index (χ4v) is 4.20. The third-order valence-corrected chi connectivity index (χ3v) is 5.69. The molecule has 0 N–H and O–H groups in total. The molecule has 0 aliphatic carbocycles. The topological polar surface area (TPSA) is 67.7 Å². The normalized spacial score (nSPS) is 16.0. The Bertz CT molecular complexity index is 1100. The van der Waals surface area contributed by atoms with Crippen molar-refractivity contribution in [1.82, 2.24) is 9.97 Å². The molecule has 0 saturated heterocycles. The summed E-state index contributed by atoms with van der Waals surface area (Å²) in [6, 6.07) is 3.55. The van der Waals surface area contributed by atoms with Crippen molar-refractivity contribution in [3.05, 3.63) is 69.2 Å². The first-order valence-electron chi connectivity index (χ1n) is 9.14. The molecule has 0 saturated carbocycles. The molecule has 2 aliphatic heterocycles. The largest absolute Gasteiger partial charge is 0.455 e. The number of alkyl halides is 2. The monoisotopic (exact) mass is 474 g/mol. The molecule has 0 bridgehead atoms. The molecule has 0 atom stereocenters. The molecule has 0 amide bonds. The molecule has 0 unspecified atom stereocenters. The standard InChI is InChI=1S/C21H17BrF2N4O2/c1-3-13(18(25-2)19(23)24)11-6-12-9-28(5-4-16(12)26-8-11)20-15(22)7-14-17(27-20)10-30-21(14)29/h3,6-8,19H,1-2,4-5,9-10H2/b18-13+. The molecule has 9 heteroatoms. The van der Waals surface area contributed by atoms with Crippen molar-refractivity contribution in [2.75, 3.05) is 11.4 Å². The maximum Gasteiger partial charge on any atom is 0.340 e. The average molecular weight is 475 g/mol. The number of hydrogen-bond donors (Lipinski definition) is 0. The zero-order valence-electron chi connectivity index (χ0n) is 15.9. The third kappa shape index (κ3) is 3.54. The minimum Gasteiger partial charge on any atom is -0.455 e. The van der Waals surface area contributed by atoms with Gasteiger partial charge in [0.1, 0.15) is 18.1 Å². The van der Waals surface area contributed by atoms with Crippen molar-refractivity contribution < 1.29 is 18.3 Å². The van der Waals surface area contributed by atoms with Crippen LogP contribution in [0.5, 0.6) is 0 Å². The van der Waals surface area contributed by atoms with E-state index in [9.17, 15) is 13.6 Å². The van der Waals surface area contributed by atoms with Gasteiger partial charge in [0, 0.05) is 42.5 Å². The predicted octanol–water partition coefficient (Wildman–Crippen LogP) is 4.34. The highest BCUT2D eigenvalue weighted by molar-refractivity contribution is 9.10. The molecule has 0 radical (unpaired) electrons. The highest BCUT2D eigenvalue weighted by Gasteiger charge is 2.28. The fraction of sp³-hybridized carbons (Fsp3) is 0.238. The van der Waals surface area contributed by atoms with Crippen molar-refractivity contribution in [3.8, 4) is 0 Å². The van der Waals surface area contributed by atoms with Crippen molar-refractivity contribution in [3.63, 3.8) is 0 Å². The Morgan fingerprint density at radius 3 is 2.87 bits per heavy atom. The molecular formula is C21H17BrF2N4O2. The number of pyridine rings is 2. The van der Waals surface area contributed by atoms with Gasteiger partial charge in [-0.2, -0.15) is 0 Å². The maximum atomic E-state index is 13.3. The summed E-state index contributed by atoms with van der Waals surface area (Å²) < 4.78 is 32.4. The summed E-state index contributed by atoms with van der Waals surface area (Å²) in [6.45, 7) is 8.22. The zero-order chi connectivity index (χ0) is 21.4. The number of aliphatic imine (C=N–C) groups is 1. The van der Waals surface area contributed by atoms with Crippen LogP contribution < -0.4 is 4.90 Å². The predicted molar refractivity (Wildman–Crippen MR) is 113 cm³/mol. The average Bonchev–Trinajstić information content (AvgIpc) is 3.10. The number of anilines is 1. The Kier molecular flexibility index (Phi) is 5.46. The van der Waals surface area contributed by atoms with Crippen LogP contribution in [-0.2, 0) is 24.3 Å². The van der Waals surface area contributed by atoms with Gasteiger partial charge in [-0.05, 0) is 40.3 Å². The van der Waals surface area contributed by atoms with E-state index in [1.807, 2.05) is 6.07 Å². The molecule has 6 nitrogen and oxygen atoms in total. The minimum atomic E-state index is -2.76. The van der Waals surface area contributed by atoms with Crippen LogP contribution in [0.15, 0.2) is 46.1 Å². The Labute approximate surface area is 180 Å². The van der Waals surface area contributed by atoms with Gasteiger partial charge < -0.3 is 9.64 Å². The fourth-order valence-electron chi connectivity index (χ4n) is 3.63. The molecule has 0 aromatic carbocycles. The molecule has 154 valence electrons. The molecule has 2 aliphatic rings. The molecular weight excluding hydrogens is 458 g/mol. The molecule has 4 heterocycles. The lowest BCUT2D eigenvalue weighted by Crippen LogP contribution is -2.32. The molecule has 30 heavy (non-hydrogen) atoms. The summed E-state index contributed by atoms with van der Waals surface area (Å²) in [4.78, 5) is 26.3. The minimum absolute atomic E-state index is 0.156. The molecule has 0 spiro atoms. The Morgan fingerprint density at radius 1 is 1.37 bits per heavy atom. The van der Waals surface area contributed by atoms with E-state index in [0.29, 0.717) is 46.6 Å². The highest BCUT2D eigenvalue weighted by atomic mass is 79.9. The third-order valence-electron chi connectivity index (χ3n) is 5.10.